The average Bonchev–Trinajstić information content (AvgIpc) is 2.87. The van der Waals surface area contributed by atoms with Gasteiger partial charge in [0.25, 0.3) is 5.91 Å². The Kier molecular flexibility index (Phi) is 4.75. The molecule has 0 fully saturated rings. The third-order valence-corrected chi connectivity index (χ3v) is 5.09. The molecule has 7 nitrogen and oxygen atoms in total. The second-order valence-electron chi connectivity index (χ2n) is 5.98. The molecule has 3 N–H and O–H groups in total. The molecule has 0 radical (unpaired) electrons. The third-order valence-electron chi connectivity index (χ3n) is 3.99. The zero-order chi connectivity index (χ0) is 18.2. The van der Waals surface area contributed by atoms with Crippen LogP contribution in [0.3, 0.4) is 0 Å². The summed E-state index contributed by atoms with van der Waals surface area (Å²) in [6, 6.07) is 1.78. The standard InChI is InChI=1S/C16H18ClN5O2S/c1-8-12(20-9(2)24-8)14(23)21-10-6-11(13(17)19-7-10)16(3)4-5-25-15(18)22-16/h6-7H,4-5H2,1-3H3,(H2,18,22)(H,21,23)/t16-/m0/s1. The molecule has 1 aliphatic rings. The van der Waals surface area contributed by atoms with Crippen molar-refractivity contribution in [1.82, 2.24) is 9.97 Å². The summed E-state index contributed by atoms with van der Waals surface area (Å²) >= 11 is 7.79. The van der Waals surface area contributed by atoms with E-state index in [4.69, 9.17) is 21.8 Å². The Morgan fingerprint density at radius 3 is 2.88 bits per heavy atom. The molecule has 3 rings (SSSR count). The first-order valence-corrected chi connectivity index (χ1v) is 9.04. The predicted molar refractivity (Wildman–Crippen MR) is 99.2 cm³/mol. The molecule has 132 valence electrons. The Morgan fingerprint density at radius 2 is 2.24 bits per heavy atom. The molecule has 0 aromatic carbocycles. The first-order valence-electron chi connectivity index (χ1n) is 7.68. The zero-order valence-electron chi connectivity index (χ0n) is 14.1. The van der Waals surface area contributed by atoms with Crippen LogP contribution >= 0.6 is 23.4 Å². The van der Waals surface area contributed by atoms with Gasteiger partial charge in [0.15, 0.2) is 16.8 Å². The number of aliphatic imine (C=N–C) groups is 1. The van der Waals surface area contributed by atoms with Crippen molar-refractivity contribution in [2.24, 2.45) is 10.7 Å². The molecule has 0 bridgehead atoms. The largest absolute Gasteiger partial charge is 0.445 e. The van der Waals surface area contributed by atoms with Gasteiger partial charge in [0.05, 0.1) is 17.4 Å². The second-order valence-corrected chi connectivity index (χ2v) is 7.45. The lowest BCUT2D eigenvalue weighted by molar-refractivity contribution is 0.102. The molecule has 0 spiro atoms. The Morgan fingerprint density at radius 1 is 1.48 bits per heavy atom. The van der Waals surface area contributed by atoms with Crippen molar-refractivity contribution in [1.29, 1.82) is 0 Å². The van der Waals surface area contributed by atoms with Crippen LogP contribution < -0.4 is 11.1 Å². The average molecular weight is 380 g/mol. The number of oxazole rings is 1. The topological polar surface area (TPSA) is 106 Å². The number of aromatic nitrogens is 2. The van der Waals surface area contributed by atoms with E-state index in [1.165, 1.54) is 18.0 Å². The first-order chi connectivity index (χ1) is 11.8. The van der Waals surface area contributed by atoms with E-state index in [0.29, 0.717) is 27.7 Å². The van der Waals surface area contributed by atoms with E-state index < -0.39 is 5.54 Å². The molecule has 3 heterocycles. The third kappa shape index (κ3) is 3.64. The van der Waals surface area contributed by atoms with E-state index in [1.54, 1.807) is 19.9 Å². The molecule has 2 aromatic rings. The smallest absolute Gasteiger partial charge is 0.277 e. The summed E-state index contributed by atoms with van der Waals surface area (Å²) in [5, 5.41) is 3.65. The zero-order valence-corrected chi connectivity index (χ0v) is 15.7. The number of nitrogens with two attached hydrogens (primary N) is 1. The highest BCUT2D eigenvalue weighted by Gasteiger charge is 2.32. The number of rotatable bonds is 3. The highest BCUT2D eigenvalue weighted by atomic mass is 35.5. The number of thioether (sulfide) groups is 1. The summed E-state index contributed by atoms with van der Waals surface area (Å²) in [7, 11) is 0. The molecule has 1 aliphatic heterocycles. The number of amides is 1. The van der Waals surface area contributed by atoms with Crippen LogP contribution in [-0.4, -0.2) is 26.8 Å². The number of hydrogen-bond donors (Lipinski definition) is 2. The minimum absolute atomic E-state index is 0.247. The summed E-state index contributed by atoms with van der Waals surface area (Å²) in [4.78, 5) is 25.2. The number of halogens is 1. The minimum atomic E-state index is -0.569. The van der Waals surface area contributed by atoms with Crippen molar-refractivity contribution in [3.63, 3.8) is 0 Å². The van der Waals surface area contributed by atoms with Gasteiger partial charge < -0.3 is 15.5 Å². The molecule has 0 saturated carbocycles. The van der Waals surface area contributed by atoms with Crippen LogP contribution in [0.2, 0.25) is 5.15 Å². The van der Waals surface area contributed by atoms with E-state index in [0.717, 1.165) is 17.7 Å². The second kappa shape index (κ2) is 6.68. The predicted octanol–water partition coefficient (Wildman–Crippen LogP) is 3.26. The lowest BCUT2D eigenvalue weighted by atomic mass is 9.91. The van der Waals surface area contributed by atoms with Crippen LogP contribution in [0.25, 0.3) is 0 Å². The molecule has 25 heavy (non-hydrogen) atoms. The number of carbonyl (C=O) groups is 1. The number of amidine groups is 1. The Labute approximate surface area is 154 Å². The van der Waals surface area contributed by atoms with E-state index in [-0.39, 0.29) is 11.6 Å². The van der Waals surface area contributed by atoms with Crippen LogP contribution in [0.4, 0.5) is 5.69 Å². The van der Waals surface area contributed by atoms with Crippen LogP contribution in [0, 0.1) is 13.8 Å². The summed E-state index contributed by atoms with van der Waals surface area (Å²) in [6.45, 7) is 5.34. The maximum absolute atomic E-state index is 12.4. The van der Waals surface area contributed by atoms with Gasteiger partial charge in [-0.15, -0.1) is 0 Å². The van der Waals surface area contributed by atoms with Crippen LogP contribution in [0.5, 0.6) is 0 Å². The lowest BCUT2D eigenvalue weighted by Gasteiger charge is -2.30. The monoisotopic (exact) mass is 379 g/mol. The number of aryl methyl sites for hydroxylation is 2. The summed E-state index contributed by atoms with van der Waals surface area (Å²) in [5.41, 5.74) is 6.79. The Bertz CT molecular complexity index is 866. The molecule has 1 amide bonds. The molecular weight excluding hydrogens is 362 g/mol. The Balaban J connectivity index is 1.91. The Hall–Kier alpha value is -2.06. The van der Waals surface area contributed by atoms with Crippen molar-refractivity contribution in [3.8, 4) is 0 Å². The lowest BCUT2D eigenvalue weighted by Crippen LogP contribution is -2.29. The van der Waals surface area contributed by atoms with Crippen LogP contribution in [-0.2, 0) is 5.54 Å². The van der Waals surface area contributed by atoms with Gasteiger partial charge in [-0.1, -0.05) is 23.4 Å². The van der Waals surface area contributed by atoms with Gasteiger partial charge in [-0.2, -0.15) is 0 Å². The number of anilines is 1. The van der Waals surface area contributed by atoms with Crippen molar-refractivity contribution >= 4 is 40.1 Å². The maximum Gasteiger partial charge on any atom is 0.277 e. The van der Waals surface area contributed by atoms with Crippen molar-refractivity contribution in [2.75, 3.05) is 11.1 Å². The van der Waals surface area contributed by atoms with Gasteiger partial charge in [-0.25, -0.2) is 9.97 Å². The van der Waals surface area contributed by atoms with Gasteiger partial charge in [0.1, 0.15) is 10.9 Å². The van der Waals surface area contributed by atoms with Crippen LogP contribution in [0.15, 0.2) is 21.7 Å². The SMILES string of the molecule is Cc1nc(C(=O)Nc2cnc(Cl)c([C@]3(C)CCSC(N)=N3)c2)c(C)o1. The van der Waals surface area contributed by atoms with Gasteiger partial charge >= 0.3 is 0 Å². The molecule has 2 aromatic heterocycles. The fraction of sp³-hybridized carbons (Fsp3) is 0.375. The van der Waals surface area contributed by atoms with Gasteiger partial charge in [-0.05, 0) is 26.3 Å². The van der Waals surface area contributed by atoms with Crippen molar-refractivity contribution in [2.45, 2.75) is 32.7 Å². The highest BCUT2D eigenvalue weighted by Crippen LogP contribution is 2.38. The molecular formula is C16H18ClN5O2S. The van der Waals surface area contributed by atoms with Gasteiger partial charge in [0, 0.05) is 18.2 Å². The summed E-state index contributed by atoms with van der Waals surface area (Å²) in [5.74, 6) is 1.38. The van der Waals surface area contributed by atoms with Crippen molar-refractivity contribution < 1.29 is 9.21 Å². The molecule has 0 unspecified atom stereocenters. The number of carbonyl (C=O) groups excluding carboxylic acids is 1. The fourth-order valence-corrected chi connectivity index (χ4v) is 3.99. The number of nitrogens with zero attached hydrogens (tertiary/aromatic N) is 3. The maximum atomic E-state index is 12.4. The quantitative estimate of drug-likeness (QED) is 0.792. The number of pyridine rings is 1. The molecule has 0 aliphatic carbocycles. The van der Waals surface area contributed by atoms with E-state index in [1.807, 2.05) is 6.92 Å². The minimum Gasteiger partial charge on any atom is -0.445 e. The number of nitrogens with one attached hydrogen (secondary N) is 1. The highest BCUT2D eigenvalue weighted by molar-refractivity contribution is 8.13. The van der Waals surface area contributed by atoms with Gasteiger partial charge in [0.2, 0.25) is 0 Å². The fourth-order valence-electron chi connectivity index (χ4n) is 2.70. The van der Waals surface area contributed by atoms with E-state index in [2.05, 4.69) is 20.3 Å². The molecule has 0 saturated heterocycles. The van der Waals surface area contributed by atoms with Crippen LogP contribution in [0.1, 0.15) is 41.0 Å². The summed E-state index contributed by atoms with van der Waals surface area (Å²) in [6.07, 6.45) is 2.28. The summed E-state index contributed by atoms with van der Waals surface area (Å²) < 4.78 is 5.30. The first kappa shape index (κ1) is 17.8. The van der Waals surface area contributed by atoms with E-state index >= 15 is 0 Å². The van der Waals surface area contributed by atoms with Gasteiger partial charge in [-0.3, -0.25) is 9.79 Å². The van der Waals surface area contributed by atoms with E-state index in [9.17, 15) is 4.79 Å². The molecule has 1 atom stereocenters. The van der Waals surface area contributed by atoms with Crippen molar-refractivity contribution in [3.05, 3.63) is 40.3 Å². The number of hydrogen-bond acceptors (Lipinski definition) is 7. The molecule has 9 heteroatoms. The normalized spacial score (nSPS) is 20.2.